The normalized spacial score (nSPS) is 14.5. The molecule has 1 aromatic rings. The first kappa shape index (κ1) is 23.8. The Balaban J connectivity index is 1.62. The van der Waals surface area contributed by atoms with Gasteiger partial charge in [0.05, 0.1) is 17.4 Å². The molecule has 7 nitrogen and oxygen atoms in total. The maximum Gasteiger partial charge on any atom is 0.309 e. The van der Waals surface area contributed by atoms with E-state index in [2.05, 4.69) is 6.92 Å². The highest BCUT2D eigenvalue weighted by Crippen LogP contribution is 2.21. The maximum absolute atomic E-state index is 12.6. The second-order valence-corrected chi connectivity index (χ2v) is 8.01. The average molecular weight is 419 g/mol. The number of rotatable bonds is 12. The minimum Gasteiger partial charge on any atom is -0.465 e. The first-order valence-electron chi connectivity index (χ1n) is 11.2. The van der Waals surface area contributed by atoms with E-state index < -0.39 is 4.92 Å². The van der Waals surface area contributed by atoms with Crippen LogP contribution in [-0.4, -0.2) is 41.4 Å². The number of non-ortho nitro benzene ring substituents is 1. The van der Waals surface area contributed by atoms with Crippen molar-refractivity contribution in [3.8, 4) is 0 Å². The van der Waals surface area contributed by atoms with E-state index in [1.807, 2.05) is 0 Å². The third-order valence-corrected chi connectivity index (χ3v) is 5.68. The van der Waals surface area contributed by atoms with Crippen LogP contribution < -0.4 is 0 Å². The number of hydrogen-bond donors (Lipinski definition) is 0. The molecule has 0 radical (unpaired) electrons. The Morgan fingerprint density at radius 2 is 1.57 bits per heavy atom. The number of benzene rings is 1. The third kappa shape index (κ3) is 7.76. The van der Waals surface area contributed by atoms with Crippen LogP contribution in [0.5, 0.6) is 0 Å². The fourth-order valence-corrected chi connectivity index (χ4v) is 3.75. The lowest BCUT2D eigenvalue weighted by molar-refractivity contribution is -0.384. The molecule has 2 rings (SSSR count). The van der Waals surface area contributed by atoms with Crippen LogP contribution in [0.2, 0.25) is 0 Å². The second-order valence-electron chi connectivity index (χ2n) is 8.01. The van der Waals surface area contributed by atoms with Gasteiger partial charge in [-0.15, -0.1) is 0 Å². The third-order valence-electron chi connectivity index (χ3n) is 5.68. The summed E-state index contributed by atoms with van der Waals surface area (Å²) in [6.45, 7) is 3.69. The van der Waals surface area contributed by atoms with Gasteiger partial charge in [0, 0.05) is 30.8 Å². The molecule has 1 heterocycles. The summed E-state index contributed by atoms with van der Waals surface area (Å²) in [5.74, 6) is -0.462. The zero-order chi connectivity index (χ0) is 21.8. The van der Waals surface area contributed by atoms with E-state index in [4.69, 9.17) is 4.74 Å². The predicted molar refractivity (Wildman–Crippen MR) is 115 cm³/mol. The van der Waals surface area contributed by atoms with E-state index in [9.17, 15) is 19.7 Å². The molecule has 166 valence electrons. The van der Waals surface area contributed by atoms with Crippen molar-refractivity contribution < 1.29 is 19.2 Å². The minimum absolute atomic E-state index is 0.0375. The van der Waals surface area contributed by atoms with Gasteiger partial charge in [0.15, 0.2) is 0 Å². The van der Waals surface area contributed by atoms with Gasteiger partial charge in [-0.3, -0.25) is 19.7 Å². The standard InChI is InChI=1S/C23H34N2O5/c1-2-3-4-5-6-7-8-9-18-30-23(27)20-14-16-24(17-15-20)22(26)19-10-12-21(13-11-19)25(28)29/h10-13,20H,2-9,14-18H2,1H3. The van der Waals surface area contributed by atoms with Crippen molar-refractivity contribution in [2.24, 2.45) is 5.92 Å². The number of nitro groups is 1. The summed E-state index contributed by atoms with van der Waals surface area (Å²) in [5, 5.41) is 10.7. The van der Waals surface area contributed by atoms with Crippen molar-refractivity contribution in [2.45, 2.75) is 71.1 Å². The summed E-state index contributed by atoms with van der Waals surface area (Å²) >= 11 is 0. The van der Waals surface area contributed by atoms with E-state index >= 15 is 0 Å². The maximum atomic E-state index is 12.6. The Labute approximate surface area is 178 Å². The Kier molecular flexibility index (Phi) is 10.3. The lowest BCUT2D eigenvalue weighted by atomic mass is 9.96. The Morgan fingerprint density at radius 1 is 1.00 bits per heavy atom. The van der Waals surface area contributed by atoms with Crippen LogP contribution in [0, 0.1) is 16.0 Å². The number of nitro benzene ring substituents is 1. The number of amides is 1. The Morgan fingerprint density at radius 3 is 2.13 bits per heavy atom. The van der Waals surface area contributed by atoms with Gasteiger partial charge >= 0.3 is 5.97 Å². The summed E-state index contributed by atoms with van der Waals surface area (Å²) < 4.78 is 5.44. The van der Waals surface area contributed by atoms with Crippen LogP contribution in [-0.2, 0) is 9.53 Å². The van der Waals surface area contributed by atoms with Gasteiger partial charge in [0.1, 0.15) is 0 Å². The van der Waals surface area contributed by atoms with Gasteiger partial charge < -0.3 is 9.64 Å². The van der Waals surface area contributed by atoms with E-state index in [0.29, 0.717) is 38.1 Å². The number of nitrogens with zero attached hydrogens (tertiary/aromatic N) is 2. The molecule has 0 bridgehead atoms. The highest BCUT2D eigenvalue weighted by atomic mass is 16.6. The van der Waals surface area contributed by atoms with Crippen LogP contribution in [0.3, 0.4) is 0 Å². The van der Waals surface area contributed by atoms with Crippen molar-refractivity contribution in [3.05, 3.63) is 39.9 Å². The summed E-state index contributed by atoms with van der Waals surface area (Å²) in [5.41, 5.74) is 0.390. The number of hydrogen-bond acceptors (Lipinski definition) is 5. The predicted octanol–water partition coefficient (Wildman–Crippen LogP) is 5.13. The molecule has 0 saturated carbocycles. The van der Waals surface area contributed by atoms with Gasteiger partial charge in [-0.25, -0.2) is 0 Å². The highest BCUT2D eigenvalue weighted by molar-refractivity contribution is 5.94. The minimum atomic E-state index is -0.487. The quantitative estimate of drug-likeness (QED) is 0.203. The summed E-state index contributed by atoms with van der Waals surface area (Å²) in [6.07, 6.45) is 10.8. The van der Waals surface area contributed by atoms with Crippen molar-refractivity contribution in [3.63, 3.8) is 0 Å². The number of esters is 1. The smallest absolute Gasteiger partial charge is 0.309 e. The number of carbonyl (C=O) groups is 2. The summed E-state index contributed by atoms with van der Waals surface area (Å²) in [6, 6.07) is 5.63. The van der Waals surface area contributed by atoms with Crippen molar-refractivity contribution in [1.82, 2.24) is 4.90 Å². The Bertz CT molecular complexity index is 681. The van der Waals surface area contributed by atoms with Gasteiger partial charge in [-0.2, -0.15) is 0 Å². The number of likely N-dealkylation sites (tertiary alicyclic amines) is 1. The van der Waals surface area contributed by atoms with E-state index in [1.165, 1.54) is 62.8 Å². The lowest BCUT2D eigenvalue weighted by Gasteiger charge is -2.31. The molecule has 0 aromatic heterocycles. The molecular formula is C23H34N2O5. The van der Waals surface area contributed by atoms with E-state index in [1.54, 1.807) is 4.90 Å². The van der Waals surface area contributed by atoms with Crippen molar-refractivity contribution in [1.29, 1.82) is 0 Å². The zero-order valence-corrected chi connectivity index (χ0v) is 18.0. The molecule has 0 unspecified atom stereocenters. The molecule has 1 saturated heterocycles. The van der Waals surface area contributed by atoms with Crippen molar-refractivity contribution >= 4 is 17.6 Å². The van der Waals surface area contributed by atoms with E-state index in [0.717, 1.165) is 12.8 Å². The molecule has 1 fully saturated rings. The lowest BCUT2D eigenvalue weighted by Crippen LogP contribution is -2.40. The first-order valence-corrected chi connectivity index (χ1v) is 11.2. The highest BCUT2D eigenvalue weighted by Gasteiger charge is 2.28. The average Bonchev–Trinajstić information content (AvgIpc) is 2.77. The van der Waals surface area contributed by atoms with Crippen LogP contribution in [0.25, 0.3) is 0 Å². The van der Waals surface area contributed by atoms with Gasteiger partial charge in [-0.1, -0.05) is 51.9 Å². The van der Waals surface area contributed by atoms with Crippen LogP contribution >= 0.6 is 0 Å². The number of unbranched alkanes of at least 4 members (excludes halogenated alkanes) is 7. The van der Waals surface area contributed by atoms with E-state index in [-0.39, 0.29) is 23.5 Å². The van der Waals surface area contributed by atoms with Crippen LogP contribution in [0.4, 0.5) is 5.69 Å². The molecule has 1 aromatic carbocycles. The van der Waals surface area contributed by atoms with Gasteiger partial charge in [-0.05, 0) is 31.4 Å². The van der Waals surface area contributed by atoms with Crippen LogP contribution in [0.15, 0.2) is 24.3 Å². The molecule has 1 amide bonds. The molecule has 0 spiro atoms. The molecule has 1 aliphatic rings. The molecule has 0 atom stereocenters. The summed E-state index contributed by atoms with van der Waals surface area (Å²) in [7, 11) is 0. The van der Waals surface area contributed by atoms with Gasteiger partial charge in [0.2, 0.25) is 0 Å². The molecule has 7 heteroatoms. The number of carbonyl (C=O) groups excluding carboxylic acids is 2. The monoisotopic (exact) mass is 418 g/mol. The Hall–Kier alpha value is -2.44. The fraction of sp³-hybridized carbons (Fsp3) is 0.652. The molecule has 0 N–H and O–H groups in total. The molecule has 30 heavy (non-hydrogen) atoms. The zero-order valence-electron chi connectivity index (χ0n) is 18.0. The number of ether oxygens (including phenoxy) is 1. The largest absolute Gasteiger partial charge is 0.465 e. The molecular weight excluding hydrogens is 384 g/mol. The summed E-state index contributed by atoms with van der Waals surface area (Å²) in [4.78, 5) is 36.8. The molecule has 0 aliphatic carbocycles. The first-order chi connectivity index (χ1) is 14.5. The fourth-order valence-electron chi connectivity index (χ4n) is 3.75. The second kappa shape index (κ2) is 13.0. The topological polar surface area (TPSA) is 89.8 Å². The van der Waals surface area contributed by atoms with Crippen molar-refractivity contribution in [2.75, 3.05) is 19.7 Å². The van der Waals surface area contributed by atoms with Crippen LogP contribution in [0.1, 0.15) is 81.5 Å². The molecule has 1 aliphatic heterocycles. The van der Waals surface area contributed by atoms with Gasteiger partial charge in [0.25, 0.3) is 11.6 Å². The SMILES string of the molecule is CCCCCCCCCCOC(=O)C1CCN(C(=O)c2ccc([N+](=O)[O-])cc2)CC1. The number of piperidine rings is 1.